The number of carboxylic acids is 1. The van der Waals surface area contributed by atoms with Gasteiger partial charge in [0.1, 0.15) is 10.8 Å². The number of carbonyl (C=O) groups excluding carboxylic acids is 1. The van der Waals surface area contributed by atoms with Gasteiger partial charge in [-0.2, -0.15) is 0 Å². The van der Waals surface area contributed by atoms with Crippen LogP contribution < -0.4 is 5.32 Å². The number of hydrogen-bond acceptors (Lipinski definition) is 3. The Balaban J connectivity index is 2.36. The van der Waals surface area contributed by atoms with E-state index in [0.717, 1.165) is 4.88 Å². The van der Waals surface area contributed by atoms with Gasteiger partial charge >= 0.3 is 5.97 Å². The SMILES string of the molecule is Cc1ccc(C(=O)Nc2sc(C)c(C)c2C(=O)O)c(F)c1. The second-order valence-electron chi connectivity index (χ2n) is 4.73. The fourth-order valence-electron chi connectivity index (χ4n) is 1.95. The van der Waals surface area contributed by atoms with Gasteiger partial charge in [0.2, 0.25) is 0 Å². The summed E-state index contributed by atoms with van der Waals surface area (Å²) in [4.78, 5) is 24.2. The molecule has 0 atom stereocenters. The van der Waals surface area contributed by atoms with Crippen LogP contribution in [0.5, 0.6) is 0 Å². The molecule has 0 aliphatic carbocycles. The molecule has 6 heteroatoms. The third-order valence-electron chi connectivity index (χ3n) is 3.20. The molecule has 2 rings (SSSR count). The van der Waals surface area contributed by atoms with Gasteiger partial charge in [0.05, 0.1) is 11.1 Å². The monoisotopic (exact) mass is 307 g/mol. The summed E-state index contributed by atoms with van der Waals surface area (Å²) in [7, 11) is 0. The van der Waals surface area contributed by atoms with Crippen LogP contribution in [0, 0.1) is 26.6 Å². The average molecular weight is 307 g/mol. The van der Waals surface area contributed by atoms with Crippen molar-refractivity contribution >= 4 is 28.2 Å². The second kappa shape index (κ2) is 5.65. The lowest BCUT2D eigenvalue weighted by Crippen LogP contribution is -2.15. The van der Waals surface area contributed by atoms with Crippen LogP contribution in [0.4, 0.5) is 9.39 Å². The van der Waals surface area contributed by atoms with E-state index < -0.39 is 17.7 Å². The van der Waals surface area contributed by atoms with E-state index in [1.165, 1.54) is 23.5 Å². The molecule has 0 spiro atoms. The zero-order valence-electron chi connectivity index (χ0n) is 11.8. The Morgan fingerprint density at radius 3 is 2.48 bits per heavy atom. The van der Waals surface area contributed by atoms with Crippen molar-refractivity contribution in [3.05, 3.63) is 51.1 Å². The zero-order valence-corrected chi connectivity index (χ0v) is 12.6. The third-order valence-corrected chi connectivity index (χ3v) is 4.32. The number of benzene rings is 1. The summed E-state index contributed by atoms with van der Waals surface area (Å²) in [5, 5.41) is 11.9. The predicted molar refractivity (Wildman–Crippen MR) is 79.8 cm³/mol. The Labute approximate surface area is 125 Å². The van der Waals surface area contributed by atoms with Crippen molar-refractivity contribution in [1.82, 2.24) is 0 Å². The highest BCUT2D eigenvalue weighted by atomic mass is 32.1. The molecule has 0 saturated heterocycles. The molecule has 1 aromatic carbocycles. The van der Waals surface area contributed by atoms with E-state index in [4.69, 9.17) is 0 Å². The topological polar surface area (TPSA) is 66.4 Å². The minimum absolute atomic E-state index is 0.0540. The average Bonchev–Trinajstić information content (AvgIpc) is 2.64. The van der Waals surface area contributed by atoms with E-state index in [-0.39, 0.29) is 16.1 Å². The van der Waals surface area contributed by atoms with Crippen molar-refractivity contribution in [3.8, 4) is 0 Å². The molecule has 0 saturated carbocycles. The van der Waals surface area contributed by atoms with Gasteiger partial charge in [0.15, 0.2) is 0 Å². The molecule has 1 amide bonds. The maximum Gasteiger partial charge on any atom is 0.338 e. The number of thiophene rings is 1. The van der Waals surface area contributed by atoms with Gasteiger partial charge in [-0.15, -0.1) is 11.3 Å². The van der Waals surface area contributed by atoms with Crippen LogP contribution >= 0.6 is 11.3 Å². The van der Waals surface area contributed by atoms with Crippen molar-refractivity contribution in [2.75, 3.05) is 5.32 Å². The number of carboxylic acid groups (broad SMARTS) is 1. The van der Waals surface area contributed by atoms with Gasteiger partial charge in [-0.05, 0) is 44.0 Å². The lowest BCUT2D eigenvalue weighted by atomic mass is 10.1. The third kappa shape index (κ3) is 2.95. The van der Waals surface area contributed by atoms with Crippen molar-refractivity contribution < 1.29 is 19.1 Å². The number of amides is 1. The van der Waals surface area contributed by atoms with E-state index in [0.29, 0.717) is 11.1 Å². The smallest absolute Gasteiger partial charge is 0.338 e. The number of nitrogens with one attached hydrogen (secondary N) is 1. The summed E-state index contributed by atoms with van der Waals surface area (Å²) in [5.41, 5.74) is 1.25. The zero-order chi connectivity index (χ0) is 15.7. The molecule has 0 bridgehead atoms. The molecule has 0 unspecified atom stereocenters. The Morgan fingerprint density at radius 1 is 1.24 bits per heavy atom. The highest BCUT2D eigenvalue weighted by Crippen LogP contribution is 2.32. The Kier molecular flexibility index (Phi) is 4.09. The maximum absolute atomic E-state index is 13.8. The summed E-state index contributed by atoms with van der Waals surface area (Å²) in [6.45, 7) is 5.17. The van der Waals surface area contributed by atoms with Gasteiger partial charge in [-0.3, -0.25) is 4.79 Å². The van der Waals surface area contributed by atoms with Gasteiger partial charge in [-0.1, -0.05) is 6.07 Å². The first-order valence-corrected chi connectivity index (χ1v) is 7.03. The van der Waals surface area contributed by atoms with Gasteiger partial charge < -0.3 is 10.4 Å². The Morgan fingerprint density at radius 2 is 1.90 bits per heavy atom. The molecule has 1 heterocycles. The highest BCUT2D eigenvalue weighted by molar-refractivity contribution is 7.16. The summed E-state index contributed by atoms with van der Waals surface area (Å²) in [6, 6.07) is 4.27. The molecule has 2 aromatic rings. The number of halogens is 1. The molecular weight excluding hydrogens is 293 g/mol. The van der Waals surface area contributed by atoms with Crippen molar-refractivity contribution in [1.29, 1.82) is 0 Å². The molecular formula is C15H14FNO3S. The summed E-state index contributed by atoms with van der Waals surface area (Å²) >= 11 is 1.17. The van der Waals surface area contributed by atoms with E-state index >= 15 is 0 Å². The normalized spacial score (nSPS) is 10.5. The summed E-state index contributed by atoms with van der Waals surface area (Å²) in [5.74, 6) is -2.40. The first-order valence-electron chi connectivity index (χ1n) is 6.22. The van der Waals surface area contributed by atoms with Crippen molar-refractivity contribution in [2.24, 2.45) is 0 Å². The van der Waals surface area contributed by atoms with Crippen LogP contribution in [0.1, 0.15) is 36.7 Å². The molecule has 4 nitrogen and oxygen atoms in total. The highest BCUT2D eigenvalue weighted by Gasteiger charge is 2.21. The molecule has 110 valence electrons. The molecule has 0 radical (unpaired) electrons. The number of rotatable bonds is 3. The standard InChI is InChI=1S/C15H14FNO3S/c1-7-4-5-10(11(16)6-7)13(18)17-14-12(15(19)20)8(2)9(3)21-14/h4-6H,1-3H3,(H,17,18)(H,19,20). The lowest BCUT2D eigenvalue weighted by molar-refractivity contribution is 0.0697. The molecule has 1 aromatic heterocycles. The first kappa shape index (κ1) is 15.2. The number of aryl methyl sites for hydroxylation is 2. The fraction of sp³-hybridized carbons (Fsp3) is 0.200. The summed E-state index contributed by atoms with van der Waals surface area (Å²) in [6.07, 6.45) is 0. The van der Waals surface area contributed by atoms with Crippen molar-refractivity contribution in [3.63, 3.8) is 0 Å². The van der Waals surface area contributed by atoms with Gasteiger partial charge in [0.25, 0.3) is 5.91 Å². The molecule has 0 fully saturated rings. The van der Waals surface area contributed by atoms with Crippen molar-refractivity contribution in [2.45, 2.75) is 20.8 Å². The number of aromatic carboxylic acids is 1. The second-order valence-corrected chi connectivity index (χ2v) is 5.95. The van der Waals surface area contributed by atoms with Gasteiger partial charge in [-0.25, -0.2) is 9.18 Å². The molecule has 0 aliphatic heterocycles. The largest absolute Gasteiger partial charge is 0.478 e. The maximum atomic E-state index is 13.8. The molecule has 2 N–H and O–H groups in total. The Hall–Kier alpha value is -2.21. The van der Waals surface area contributed by atoms with Crippen LogP contribution in [-0.4, -0.2) is 17.0 Å². The fourth-order valence-corrected chi connectivity index (χ4v) is 2.99. The van der Waals surface area contributed by atoms with Crippen LogP contribution in [0.3, 0.4) is 0 Å². The van der Waals surface area contributed by atoms with Crippen LogP contribution in [0.15, 0.2) is 18.2 Å². The van der Waals surface area contributed by atoms with Gasteiger partial charge in [0, 0.05) is 4.88 Å². The van der Waals surface area contributed by atoms with Crippen LogP contribution in [0.2, 0.25) is 0 Å². The quantitative estimate of drug-likeness (QED) is 0.907. The predicted octanol–water partition coefficient (Wildman–Crippen LogP) is 3.76. The van der Waals surface area contributed by atoms with E-state index in [2.05, 4.69) is 5.32 Å². The number of hydrogen-bond donors (Lipinski definition) is 2. The minimum atomic E-state index is -1.11. The minimum Gasteiger partial charge on any atom is -0.478 e. The number of anilines is 1. The Bertz CT molecular complexity index is 737. The van der Waals surface area contributed by atoms with E-state index in [9.17, 15) is 19.1 Å². The van der Waals surface area contributed by atoms with E-state index in [1.807, 2.05) is 0 Å². The summed E-state index contributed by atoms with van der Waals surface area (Å²) < 4.78 is 13.8. The van der Waals surface area contributed by atoms with Crippen LogP contribution in [0.25, 0.3) is 0 Å². The molecule has 21 heavy (non-hydrogen) atoms. The first-order chi connectivity index (χ1) is 9.81. The van der Waals surface area contributed by atoms with E-state index in [1.54, 1.807) is 26.8 Å². The lowest BCUT2D eigenvalue weighted by Gasteiger charge is -2.06. The van der Waals surface area contributed by atoms with Crippen LogP contribution in [-0.2, 0) is 0 Å². The number of carbonyl (C=O) groups is 2. The molecule has 0 aliphatic rings.